The van der Waals surface area contributed by atoms with Gasteiger partial charge in [0.1, 0.15) is 5.75 Å². The summed E-state index contributed by atoms with van der Waals surface area (Å²) in [4.78, 5) is 25.8. The van der Waals surface area contributed by atoms with Crippen LogP contribution in [0, 0.1) is 0 Å². The number of anilines is 1. The maximum atomic E-state index is 12.4. The van der Waals surface area contributed by atoms with Crippen LogP contribution in [0.3, 0.4) is 0 Å². The van der Waals surface area contributed by atoms with Gasteiger partial charge < -0.3 is 15.4 Å². The largest absolute Gasteiger partial charge is 0.476 e. The summed E-state index contributed by atoms with van der Waals surface area (Å²) >= 11 is 0. The predicted molar refractivity (Wildman–Crippen MR) is 77.2 cm³/mol. The van der Waals surface area contributed by atoms with Crippen LogP contribution in [-0.4, -0.2) is 30.4 Å². The van der Waals surface area contributed by atoms with Gasteiger partial charge >= 0.3 is 0 Å². The van der Waals surface area contributed by atoms with Crippen molar-refractivity contribution in [3.8, 4) is 5.75 Å². The van der Waals surface area contributed by atoms with Crippen LogP contribution in [0.1, 0.15) is 37.6 Å². The number of ketones is 1. The van der Waals surface area contributed by atoms with Crippen LogP contribution >= 0.6 is 0 Å². The van der Waals surface area contributed by atoms with Crippen LogP contribution < -0.4 is 15.4 Å². The summed E-state index contributed by atoms with van der Waals surface area (Å²) in [5.74, 6) is 0.377. The molecule has 0 bridgehead atoms. The van der Waals surface area contributed by atoms with Gasteiger partial charge in [-0.1, -0.05) is 6.92 Å². The van der Waals surface area contributed by atoms with Crippen molar-refractivity contribution in [2.45, 2.75) is 32.8 Å². The Hall–Kier alpha value is -1.88. The number of hydrogen-bond donors (Lipinski definition) is 1. The van der Waals surface area contributed by atoms with Gasteiger partial charge in [0.2, 0.25) is 0 Å². The molecule has 1 amide bonds. The number of fused-ring (bicyclic) bond motifs is 1. The van der Waals surface area contributed by atoms with Crippen molar-refractivity contribution in [2.75, 3.05) is 18.0 Å². The summed E-state index contributed by atoms with van der Waals surface area (Å²) in [6, 6.07) is 5.10. The molecule has 20 heavy (non-hydrogen) atoms. The predicted octanol–water partition coefficient (Wildman–Crippen LogP) is 1.74. The molecule has 2 N–H and O–H groups in total. The number of carbonyl (C=O) groups excluding carboxylic acids is 2. The minimum atomic E-state index is -0.887. The molecule has 1 aromatic carbocycles. The zero-order valence-electron chi connectivity index (χ0n) is 12.1. The lowest BCUT2D eigenvalue weighted by atomic mass is 10.0. The topological polar surface area (TPSA) is 72.6 Å². The SMILES string of the molecule is CCCN1C(=O)C(C)(C)Oc2ccc(C(=O)CN)cc21. The highest BCUT2D eigenvalue weighted by molar-refractivity contribution is 6.05. The quantitative estimate of drug-likeness (QED) is 0.850. The van der Waals surface area contributed by atoms with E-state index in [2.05, 4.69) is 0 Å². The fourth-order valence-corrected chi connectivity index (χ4v) is 2.30. The monoisotopic (exact) mass is 276 g/mol. The van der Waals surface area contributed by atoms with Crippen molar-refractivity contribution in [3.63, 3.8) is 0 Å². The summed E-state index contributed by atoms with van der Waals surface area (Å²) in [6.07, 6.45) is 0.830. The van der Waals surface area contributed by atoms with Gasteiger partial charge in [-0.2, -0.15) is 0 Å². The van der Waals surface area contributed by atoms with Gasteiger partial charge in [0, 0.05) is 12.1 Å². The molecule has 108 valence electrons. The Morgan fingerprint density at radius 1 is 1.40 bits per heavy atom. The van der Waals surface area contributed by atoms with Crippen LogP contribution in [0.4, 0.5) is 5.69 Å². The number of ether oxygens (including phenoxy) is 1. The Balaban J connectivity index is 2.50. The molecule has 5 nitrogen and oxygen atoms in total. The minimum absolute atomic E-state index is 0.0487. The van der Waals surface area contributed by atoms with Gasteiger partial charge in [0.05, 0.1) is 12.2 Å². The van der Waals surface area contributed by atoms with Gasteiger partial charge in [-0.25, -0.2) is 0 Å². The van der Waals surface area contributed by atoms with Crippen LogP contribution in [-0.2, 0) is 4.79 Å². The molecule has 0 unspecified atom stereocenters. The highest BCUT2D eigenvalue weighted by Gasteiger charge is 2.40. The number of Topliss-reactive ketones (excluding diaryl/α,β-unsaturated/α-hetero) is 1. The molecule has 2 rings (SSSR count). The highest BCUT2D eigenvalue weighted by Crippen LogP contribution is 2.38. The number of amides is 1. The fraction of sp³-hybridized carbons (Fsp3) is 0.467. The Bertz CT molecular complexity index is 552. The van der Waals surface area contributed by atoms with E-state index < -0.39 is 5.60 Å². The minimum Gasteiger partial charge on any atom is -0.476 e. The molecule has 5 heteroatoms. The second kappa shape index (κ2) is 5.25. The molecule has 0 spiro atoms. The molecule has 1 heterocycles. The molecule has 0 saturated carbocycles. The summed E-state index contributed by atoms with van der Waals surface area (Å²) in [6.45, 7) is 6.05. The lowest BCUT2D eigenvalue weighted by Gasteiger charge is -2.38. The van der Waals surface area contributed by atoms with Gasteiger partial charge in [0.15, 0.2) is 11.4 Å². The Kier molecular flexibility index (Phi) is 3.81. The van der Waals surface area contributed by atoms with Gasteiger partial charge in [0.25, 0.3) is 5.91 Å². The number of nitrogens with two attached hydrogens (primary N) is 1. The van der Waals surface area contributed by atoms with Gasteiger partial charge in [-0.05, 0) is 38.5 Å². The van der Waals surface area contributed by atoms with Crippen molar-refractivity contribution in [3.05, 3.63) is 23.8 Å². The molecule has 0 fully saturated rings. The van der Waals surface area contributed by atoms with E-state index in [-0.39, 0.29) is 18.2 Å². The summed E-state index contributed by atoms with van der Waals surface area (Å²) in [5, 5.41) is 0. The second-order valence-electron chi connectivity index (χ2n) is 5.38. The van der Waals surface area contributed by atoms with Gasteiger partial charge in [-0.3, -0.25) is 9.59 Å². The third kappa shape index (κ3) is 2.41. The van der Waals surface area contributed by atoms with E-state index in [1.54, 1.807) is 36.9 Å². The first-order valence-corrected chi connectivity index (χ1v) is 6.79. The molecular formula is C15H20N2O3. The number of benzene rings is 1. The molecule has 0 radical (unpaired) electrons. The van der Waals surface area contributed by atoms with E-state index in [1.165, 1.54) is 0 Å². The molecule has 0 aliphatic carbocycles. The summed E-state index contributed by atoms with van der Waals surface area (Å²) < 4.78 is 5.74. The zero-order chi connectivity index (χ0) is 14.9. The van der Waals surface area contributed by atoms with Crippen LogP contribution in [0.5, 0.6) is 5.75 Å². The zero-order valence-corrected chi connectivity index (χ0v) is 12.1. The number of carbonyl (C=O) groups is 2. The highest BCUT2D eigenvalue weighted by atomic mass is 16.5. The maximum absolute atomic E-state index is 12.4. The van der Waals surface area contributed by atoms with Crippen LogP contribution in [0.25, 0.3) is 0 Å². The first-order valence-electron chi connectivity index (χ1n) is 6.79. The standard InChI is InChI=1S/C15H20N2O3/c1-4-7-17-11-8-10(12(18)9-16)5-6-13(11)20-15(2,3)14(17)19/h5-6,8H,4,7,9,16H2,1-3H3. The molecule has 0 aromatic heterocycles. The van der Waals surface area contributed by atoms with Crippen molar-refractivity contribution >= 4 is 17.4 Å². The average molecular weight is 276 g/mol. The van der Waals surface area contributed by atoms with Crippen LogP contribution in [0.2, 0.25) is 0 Å². The molecular weight excluding hydrogens is 256 g/mol. The Labute approximate surface area is 118 Å². The maximum Gasteiger partial charge on any atom is 0.270 e. The lowest BCUT2D eigenvalue weighted by molar-refractivity contribution is -0.132. The molecule has 1 aliphatic heterocycles. The molecule has 1 aromatic rings. The van der Waals surface area contributed by atoms with E-state index in [1.807, 2.05) is 6.92 Å². The Morgan fingerprint density at radius 2 is 2.10 bits per heavy atom. The van der Waals surface area contributed by atoms with E-state index in [0.717, 1.165) is 6.42 Å². The lowest BCUT2D eigenvalue weighted by Crippen LogP contribution is -2.52. The van der Waals surface area contributed by atoms with Crippen molar-refractivity contribution < 1.29 is 14.3 Å². The number of rotatable bonds is 4. The fourth-order valence-electron chi connectivity index (χ4n) is 2.30. The normalized spacial score (nSPS) is 16.6. The first-order chi connectivity index (χ1) is 9.40. The van der Waals surface area contributed by atoms with E-state index in [4.69, 9.17) is 10.5 Å². The van der Waals surface area contributed by atoms with Gasteiger partial charge in [-0.15, -0.1) is 0 Å². The van der Waals surface area contributed by atoms with Crippen molar-refractivity contribution in [1.82, 2.24) is 0 Å². The number of nitrogens with zero attached hydrogens (tertiary/aromatic N) is 1. The van der Waals surface area contributed by atoms with Crippen molar-refractivity contribution in [1.29, 1.82) is 0 Å². The first kappa shape index (κ1) is 14.5. The second-order valence-corrected chi connectivity index (χ2v) is 5.38. The third-order valence-corrected chi connectivity index (χ3v) is 3.33. The molecule has 1 aliphatic rings. The number of hydrogen-bond acceptors (Lipinski definition) is 4. The average Bonchev–Trinajstić information content (AvgIpc) is 2.42. The van der Waals surface area contributed by atoms with E-state index in [9.17, 15) is 9.59 Å². The van der Waals surface area contributed by atoms with E-state index >= 15 is 0 Å². The third-order valence-electron chi connectivity index (χ3n) is 3.33. The Morgan fingerprint density at radius 3 is 2.70 bits per heavy atom. The van der Waals surface area contributed by atoms with Crippen LogP contribution in [0.15, 0.2) is 18.2 Å². The smallest absolute Gasteiger partial charge is 0.270 e. The van der Waals surface area contributed by atoms with E-state index in [0.29, 0.717) is 23.5 Å². The molecule has 0 saturated heterocycles. The summed E-state index contributed by atoms with van der Waals surface area (Å²) in [7, 11) is 0. The molecule has 0 atom stereocenters. The summed E-state index contributed by atoms with van der Waals surface area (Å²) in [5.41, 5.74) is 5.65. The van der Waals surface area contributed by atoms with Crippen molar-refractivity contribution in [2.24, 2.45) is 5.73 Å².